The Morgan fingerprint density at radius 1 is 0.842 bits per heavy atom. The zero-order valence-electron chi connectivity index (χ0n) is 20.9. The third-order valence-corrected chi connectivity index (χ3v) is 6.93. The molecule has 0 spiro atoms. The van der Waals surface area contributed by atoms with Gasteiger partial charge < -0.3 is 14.6 Å². The number of nitrogens with one attached hydrogen (secondary N) is 1. The van der Waals surface area contributed by atoms with Gasteiger partial charge in [0.05, 0.1) is 6.61 Å². The molecule has 1 aromatic heterocycles. The van der Waals surface area contributed by atoms with Gasteiger partial charge in [-0.2, -0.15) is 0 Å². The summed E-state index contributed by atoms with van der Waals surface area (Å²) in [6.07, 6.45) is 2.14. The van der Waals surface area contributed by atoms with Crippen LogP contribution >= 0.6 is 15.9 Å². The fourth-order valence-electron chi connectivity index (χ4n) is 4.64. The molecule has 1 N–H and O–H groups in total. The first-order valence-corrected chi connectivity index (χ1v) is 13.3. The van der Waals surface area contributed by atoms with E-state index in [1.165, 1.54) is 0 Å². The van der Waals surface area contributed by atoms with E-state index in [0.717, 1.165) is 37.6 Å². The Bertz CT molecular complexity index is 1450. The van der Waals surface area contributed by atoms with Crippen molar-refractivity contribution in [1.29, 1.82) is 0 Å². The van der Waals surface area contributed by atoms with Crippen LogP contribution in [0.5, 0.6) is 0 Å². The van der Waals surface area contributed by atoms with Gasteiger partial charge in [-0.25, -0.2) is 4.79 Å². The van der Waals surface area contributed by atoms with Gasteiger partial charge in [-0.3, -0.25) is 0 Å². The number of halogens is 1. The van der Waals surface area contributed by atoms with Gasteiger partial charge in [-0.1, -0.05) is 118 Å². The van der Waals surface area contributed by atoms with Gasteiger partial charge in [0.1, 0.15) is 0 Å². The molecule has 0 saturated carbocycles. The van der Waals surface area contributed by atoms with E-state index < -0.39 is 11.6 Å². The number of esters is 1. The van der Waals surface area contributed by atoms with Crippen molar-refractivity contribution in [3.8, 4) is 0 Å². The molecule has 5 aromatic rings. The average molecular weight is 567 g/mol. The molecule has 190 valence electrons. The third-order valence-electron chi connectivity index (χ3n) is 6.43. The lowest BCUT2D eigenvalue weighted by atomic mass is 9.80. The number of nitrogens with zero attached hydrogens (tertiary/aromatic N) is 1. The molecular formula is C32H27BrN2O3. The predicted octanol–water partition coefficient (Wildman–Crippen LogP) is 7.40. The number of carbonyl (C=O) groups excluding carboxylic acids is 1. The maximum absolute atomic E-state index is 13.1. The Kier molecular flexibility index (Phi) is 7.70. The van der Waals surface area contributed by atoms with Crippen LogP contribution in [0.4, 0.5) is 0 Å². The highest BCUT2D eigenvalue weighted by molar-refractivity contribution is 9.10. The summed E-state index contributed by atoms with van der Waals surface area (Å²) in [4.78, 5) is 23.0. The molecule has 4 aromatic carbocycles. The molecule has 5 nitrogen and oxygen atoms in total. The second kappa shape index (κ2) is 11.5. The molecule has 0 saturated heterocycles. The molecule has 0 atom stereocenters. The van der Waals surface area contributed by atoms with E-state index in [-0.39, 0.29) is 18.7 Å². The second-order valence-electron chi connectivity index (χ2n) is 8.81. The van der Waals surface area contributed by atoms with Crippen LogP contribution in [0.3, 0.4) is 0 Å². The number of fused-ring (bicyclic) bond motifs is 1. The molecule has 0 amide bonds. The molecule has 0 radical (unpaired) electrons. The first-order chi connectivity index (χ1) is 18.6. The lowest BCUT2D eigenvalue weighted by molar-refractivity contribution is -0.135. The number of ether oxygens (including phenoxy) is 1. The van der Waals surface area contributed by atoms with Crippen LogP contribution in [0.15, 0.2) is 125 Å². The molecule has 0 aliphatic heterocycles. The van der Waals surface area contributed by atoms with Crippen LogP contribution in [0.25, 0.3) is 10.9 Å². The molecule has 0 aliphatic carbocycles. The largest absolute Gasteiger partial charge is 0.461 e. The molecule has 6 heteroatoms. The molecule has 0 bridgehead atoms. The minimum Gasteiger partial charge on any atom is -0.461 e. The Balaban J connectivity index is 1.65. The topological polar surface area (TPSA) is 63.7 Å². The van der Waals surface area contributed by atoms with E-state index in [1.54, 1.807) is 6.92 Å². The normalized spacial score (nSPS) is 11.9. The van der Waals surface area contributed by atoms with Crippen molar-refractivity contribution in [3.05, 3.63) is 142 Å². The molecule has 5 rings (SSSR count). The van der Waals surface area contributed by atoms with Crippen molar-refractivity contribution in [3.63, 3.8) is 0 Å². The van der Waals surface area contributed by atoms with Gasteiger partial charge in [0.2, 0.25) is 5.60 Å². The number of oxime groups is 1. The number of hydrogen-bond donors (Lipinski definition) is 1. The highest BCUT2D eigenvalue weighted by Gasteiger charge is 2.40. The standard InChI is InChI=1S/C32H27BrN2O3/c1-2-37-31(36)30(20-23-22-34-29-21-27(33)18-19-28(23)29)35-38-32(24-12-6-3-7-13-24,25-14-8-4-9-15-25)26-16-10-5-11-17-26/h3-19,21-22,34H,2,20H2,1H3/b35-30+. The average Bonchev–Trinajstić information content (AvgIpc) is 3.36. The van der Waals surface area contributed by atoms with Crippen LogP contribution in [-0.2, 0) is 26.4 Å². The number of aromatic amines is 1. The van der Waals surface area contributed by atoms with Crippen molar-refractivity contribution < 1.29 is 14.4 Å². The summed E-state index contributed by atoms with van der Waals surface area (Å²) < 4.78 is 6.37. The fraction of sp³-hybridized carbons (Fsp3) is 0.125. The van der Waals surface area contributed by atoms with Crippen LogP contribution in [0.1, 0.15) is 29.2 Å². The molecular weight excluding hydrogens is 540 g/mol. The van der Waals surface area contributed by atoms with Gasteiger partial charge in [0.15, 0.2) is 5.71 Å². The summed E-state index contributed by atoms with van der Waals surface area (Å²) in [6.45, 7) is 2.02. The minimum absolute atomic E-state index is 0.183. The van der Waals surface area contributed by atoms with E-state index in [1.807, 2.05) is 115 Å². The number of rotatable bonds is 9. The zero-order chi connectivity index (χ0) is 26.4. The van der Waals surface area contributed by atoms with Crippen molar-refractivity contribution in [2.75, 3.05) is 6.61 Å². The number of benzene rings is 4. The van der Waals surface area contributed by atoms with E-state index in [0.29, 0.717) is 0 Å². The highest BCUT2D eigenvalue weighted by atomic mass is 79.9. The number of hydrogen-bond acceptors (Lipinski definition) is 4. The SMILES string of the molecule is CCOC(=O)/C(Cc1c[nH]c2cc(Br)ccc12)=N/OC(c1ccccc1)(c1ccccc1)c1ccccc1. The van der Waals surface area contributed by atoms with Crippen LogP contribution in [0, 0.1) is 0 Å². The highest BCUT2D eigenvalue weighted by Crippen LogP contribution is 2.40. The van der Waals surface area contributed by atoms with Gasteiger partial charge in [-0.15, -0.1) is 0 Å². The molecule has 1 heterocycles. The summed E-state index contributed by atoms with van der Waals surface area (Å²) >= 11 is 3.51. The summed E-state index contributed by atoms with van der Waals surface area (Å²) in [5, 5.41) is 5.57. The van der Waals surface area contributed by atoms with Crippen molar-refractivity contribution in [2.24, 2.45) is 5.16 Å². The van der Waals surface area contributed by atoms with E-state index in [9.17, 15) is 4.79 Å². The first kappa shape index (κ1) is 25.5. The predicted molar refractivity (Wildman–Crippen MR) is 154 cm³/mol. The van der Waals surface area contributed by atoms with E-state index in [4.69, 9.17) is 9.57 Å². The minimum atomic E-state index is -1.09. The quantitative estimate of drug-likeness (QED) is 0.0874. The third kappa shape index (κ3) is 5.13. The lowest BCUT2D eigenvalue weighted by Crippen LogP contribution is -2.32. The number of H-pyrrole nitrogens is 1. The monoisotopic (exact) mass is 566 g/mol. The smallest absolute Gasteiger partial charge is 0.356 e. The Hall–Kier alpha value is -4.16. The molecule has 0 unspecified atom stereocenters. The fourth-order valence-corrected chi connectivity index (χ4v) is 5.00. The van der Waals surface area contributed by atoms with Crippen molar-refractivity contribution in [1.82, 2.24) is 4.98 Å². The van der Waals surface area contributed by atoms with E-state index in [2.05, 4.69) is 26.1 Å². The van der Waals surface area contributed by atoms with Crippen LogP contribution in [0.2, 0.25) is 0 Å². The molecule has 0 aliphatic rings. The summed E-state index contributed by atoms with van der Waals surface area (Å²) in [5.74, 6) is -0.512. The molecule has 0 fully saturated rings. The van der Waals surface area contributed by atoms with Gasteiger partial charge in [0.25, 0.3) is 0 Å². The van der Waals surface area contributed by atoms with Crippen molar-refractivity contribution >= 4 is 38.5 Å². The lowest BCUT2D eigenvalue weighted by Gasteiger charge is -2.33. The van der Waals surface area contributed by atoms with Gasteiger partial charge in [0, 0.05) is 44.7 Å². The second-order valence-corrected chi connectivity index (χ2v) is 9.73. The van der Waals surface area contributed by atoms with Crippen molar-refractivity contribution in [2.45, 2.75) is 18.9 Å². The number of aromatic nitrogens is 1. The van der Waals surface area contributed by atoms with Crippen LogP contribution in [-0.4, -0.2) is 23.3 Å². The summed E-state index contributed by atoms with van der Waals surface area (Å²) in [7, 11) is 0. The van der Waals surface area contributed by atoms with Gasteiger partial charge >= 0.3 is 5.97 Å². The van der Waals surface area contributed by atoms with Gasteiger partial charge in [-0.05, 0) is 24.6 Å². The number of carbonyl (C=O) groups is 1. The van der Waals surface area contributed by atoms with Crippen LogP contribution < -0.4 is 0 Å². The van der Waals surface area contributed by atoms with E-state index >= 15 is 0 Å². The summed E-state index contributed by atoms with van der Waals surface area (Å²) in [6, 6.07) is 35.8. The first-order valence-electron chi connectivity index (χ1n) is 12.5. The Morgan fingerprint density at radius 3 is 1.92 bits per heavy atom. The molecule has 38 heavy (non-hydrogen) atoms. The Morgan fingerprint density at radius 2 is 1.39 bits per heavy atom. The zero-order valence-corrected chi connectivity index (χ0v) is 22.5. The maximum atomic E-state index is 13.1. The Labute approximate surface area is 230 Å². The summed E-state index contributed by atoms with van der Waals surface area (Å²) in [5.41, 5.74) is 3.65. The maximum Gasteiger partial charge on any atom is 0.356 e.